The van der Waals surface area contributed by atoms with Crippen LogP contribution in [0.25, 0.3) is 0 Å². The van der Waals surface area contributed by atoms with Crippen LogP contribution in [-0.4, -0.2) is 14.6 Å². The van der Waals surface area contributed by atoms with Crippen LogP contribution in [0.4, 0.5) is 5.69 Å². The van der Waals surface area contributed by atoms with Gasteiger partial charge in [0.05, 0.1) is 0 Å². The van der Waals surface area contributed by atoms with E-state index >= 15 is 0 Å². The minimum Gasteiger partial charge on any atom is -0.388 e. The number of rotatable bonds is 2. The highest BCUT2D eigenvalue weighted by atomic mass is 35.6. The largest absolute Gasteiger partial charge is 0.388 e. The molecule has 0 spiro atoms. The van der Waals surface area contributed by atoms with Gasteiger partial charge in [-0.15, -0.1) is 11.1 Å². The second kappa shape index (κ2) is 3.50. The zero-order valence-corrected chi connectivity index (χ0v) is 9.47. The van der Waals surface area contributed by atoms with Crippen LogP contribution < -0.4 is 4.57 Å². The van der Waals surface area contributed by atoms with Crippen LogP contribution >= 0.6 is 11.1 Å². The van der Waals surface area contributed by atoms with Crippen molar-refractivity contribution < 1.29 is 0 Å². The normalized spacial score (nSPS) is 11.3. The van der Waals surface area contributed by atoms with E-state index in [2.05, 4.69) is 36.8 Å². The molecule has 0 N–H and O–H groups in total. The summed E-state index contributed by atoms with van der Waals surface area (Å²) in [6.45, 7) is 4.23. The van der Waals surface area contributed by atoms with Gasteiger partial charge in [-0.1, -0.05) is 18.2 Å². The third kappa shape index (κ3) is 2.25. The molecule has 0 radical (unpaired) electrons. The minimum absolute atomic E-state index is 1.20. The van der Waals surface area contributed by atoms with Gasteiger partial charge in [-0.2, -0.15) is 0 Å². The van der Waals surface area contributed by atoms with E-state index in [0.29, 0.717) is 0 Å². The van der Waals surface area contributed by atoms with Crippen molar-refractivity contribution in [1.82, 2.24) is 0 Å². The number of hydrogen-bond acceptors (Lipinski definition) is 1. The molecule has 0 aliphatic heterocycles. The summed E-state index contributed by atoms with van der Waals surface area (Å²) in [5, 5.41) is 0. The van der Waals surface area contributed by atoms with Crippen molar-refractivity contribution in [2.24, 2.45) is 0 Å². The Labute approximate surface area is 79.8 Å². The Morgan fingerprint density at radius 3 is 2.08 bits per heavy atom. The standard InChI is InChI=1S/C9H14ClNSi/c1-11(12(2,3)10)9-7-5-4-6-8-9/h4-8H,1-3H3. The van der Waals surface area contributed by atoms with Crippen molar-refractivity contribution in [2.45, 2.75) is 13.1 Å². The van der Waals surface area contributed by atoms with Crippen LogP contribution in [0.2, 0.25) is 13.1 Å². The van der Waals surface area contributed by atoms with E-state index in [4.69, 9.17) is 11.1 Å². The zero-order chi connectivity index (χ0) is 9.19. The van der Waals surface area contributed by atoms with E-state index in [1.54, 1.807) is 0 Å². The fourth-order valence-corrected chi connectivity index (χ4v) is 2.01. The van der Waals surface area contributed by atoms with Crippen molar-refractivity contribution in [3.63, 3.8) is 0 Å². The minimum atomic E-state index is -1.70. The summed E-state index contributed by atoms with van der Waals surface area (Å²) in [5.41, 5.74) is 1.20. The fourth-order valence-electron chi connectivity index (χ4n) is 0.959. The van der Waals surface area contributed by atoms with E-state index in [9.17, 15) is 0 Å². The summed E-state index contributed by atoms with van der Waals surface area (Å²) in [5.74, 6) is 0. The summed E-state index contributed by atoms with van der Waals surface area (Å²) >= 11 is 6.28. The molecule has 66 valence electrons. The molecule has 0 amide bonds. The Balaban J connectivity index is 2.86. The molecule has 0 bridgehead atoms. The average Bonchev–Trinajstić information content (AvgIpc) is 2.03. The van der Waals surface area contributed by atoms with Crippen LogP contribution in [0.15, 0.2) is 30.3 Å². The van der Waals surface area contributed by atoms with Crippen LogP contribution in [0.1, 0.15) is 0 Å². The molecule has 0 saturated heterocycles. The van der Waals surface area contributed by atoms with Gasteiger partial charge >= 0.3 is 0 Å². The van der Waals surface area contributed by atoms with Gasteiger partial charge in [-0.05, 0) is 32.3 Å². The lowest BCUT2D eigenvalue weighted by Gasteiger charge is -2.29. The summed E-state index contributed by atoms with van der Waals surface area (Å²) in [6.07, 6.45) is 0. The molecule has 1 nitrogen and oxygen atoms in total. The molecule has 1 rings (SSSR count). The molecular formula is C9H14ClNSi. The molecular weight excluding hydrogens is 186 g/mol. The summed E-state index contributed by atoms with van der Waals surface area (Å²) in [4.78, 5) is 0. The molecule has 0 aliphatic carbocycles. The predicted molar refractivity (Wildman–Crippen MR) is 58.2 cm³/mol. The second-order valence-corrected chi connectivity index (χ2v) is 9.57. The predicted octanol–water partition coefficient (Wildman–Crippen LogP) is 3.06. The second-order valence-electron chi connectivity index (χ2n) is 3.30. The Hall–Kier alpha value is -0.473. The van der Waals surface area contributed by atoms with Crippen LogP contribution in [-0.2, 0) is 0 Å². The topological polar surface area (TPSA) is 3.24 Å². The Bertz CT molecular complexity index is 242. The third-order valence-corrected chi connectivity index (χ3v) is 4.56. The first-order valence-electron chi connectivity index (χ1n) is 3.99. The molecule has 0 atom stereocenters. The quantitative estimate of drug-likeness (QED) is 0.523. The van der Waals surface area contributed by atoms with E-state index < -0.39 is 7.55 Å². The molecule has 12 heavy (non-hydrogen) atoms. The highest BCUT2D eigenvalue weighted by Gasteiger charge is 2.23. The van der Waals surface area contributed by atoms with Gasteiger partial charge in [0.25, 0.3) is 0 Å². The van der Waals surface area contributed by atoms with Crippen molar-refractivity contribution in [3.8, 4) is 0 Å². The summed E-state index contributed by atoms with van der Waals surface area (Å²) in [7, 11) is 0.354. The van der Waals surface area contributed by atoms with Gasteiger partial charge in [0.15, 0.2) is 0 Å². The molecule has 0 saturated carbocycles. The maximum absolute atomic E-state index is 6.28. The van der Waals surface area contributed by atoms with Crippen molar-refractivity contribution in [1.29, 1.82) is 0 Å². The van der Waals surface area contributed by atoms with Crippen molar-refractivity contribution in [2.75, 3.05) is 11.6 Å². The lowest BCUT2D eigenvalue weighted by molar-refractivity contribution is 1.28. The van der Waals surface area contributed by atoms with E-state index in [0.717, 1.165) is 0 Å². The molecule has 1 aromatic carbocycles. The Kier molecular flexibility index (Phi) is 2.80. The number of anilines is 1. The van der Waals surface area contributed by atoms with Gasteiger partial charge in [-0.3, -0.25) is 0 Å². The van der Waals surface area contributed by atoms with Crippen LogP contribution in [0.3, 0.4) is 0 Å². The van der Waals surface area contributed by atoms with Gasteiger partial charge in [0, 0.05) is 5.69 Å². The molecule has 3 heteroatoms. The highest BCUT2D eigenvalue weighted by molar-refractivity contribution is 7.20. The first kappa shape index (κ1) is 9.61. The number of para-hydroxylation sites is 1. The molecule has 1 aromatic rings. The number of nitrogens with zero attached hydrogens (tertiary/aromatic N) is 1. The Morgan fingerprint density at radius 2 is 1.67 bits per heavy atom. The average molecular weight is 200 g/mol. The maximum atomic E-state index is 6.28. The van der Waals surface area contributed by atoms with Crippen LogP contribution in [0, 0.1) is 0 Å². The monoisotopic (exact) mass is 199 g/mol. The molecule has 0 heterocycles. The number of benzene rings is 1. The van der Waals surface area contributed by atoms with Gasteiger partial charge in [0.1, 0.15) is 0 Å². The summed E-state index contributed by atoms with van der Waals surface area (Å²) in [6, 6.07) is 10.2. The number of hydrogen-bond donors (Lipinski definition) is 0. The van der Waals surface area contributed by atoms with E-state index in [1.807, 2.05) is 18.2 Å². The van der Waals surface area contributed by atoms with Gasteiger partial charge in [0.2, 0.25) is 7.55 Å². The fraction of sp³-hybridized carbons (Fsp3) is 0.333. The highest BCUT2D eigenvalue weighted by Crippen LogP contribution is 2.21. The Morgan fingerprint density at radius 1 is 1.17 bits per heavy atom. The lowest BCUT2D eigenvalue weighted by Crippen LogP contribution is -2.40. The first-order valence-corrected chi connectivity index (χ1v) is 7.95. The van der Waals surface area contributed by atoms with Crippen LogP contribution in [0.5, 0.6) is 0 Å². The molecule has 0 aliphatic rings. The molecule has 0 aromatic heterocycles. The zero-order valence-electron chi connectivity index (χ0n) is 7.71. The van der Waals surface area contributed by atoms with Gasteiger partial charge in [-0.25, -0.2) is 0 Å². The molecule has 0 fully saturated rings. The van der Waals surface area contributed by atoms with Crippen molar-refractivity contribution >= 4 is 24.3 Å². The number of halogens is 1. The third-order valence-electron chi connectivity index (χ3n) is 1.94. The maximum Gasteiger partial charge on any atom is 0.249 e. The van der Waals surface area contributed by atoms with E-state index in [-0.39, 0.29) is 0 Å². The SMILES string of the molecule is CN(c1ccccc1)[Si](C)(C)Cl. The van der Waals surface area contributed by atoms with E-state index in [1.165, 1.54) is 5.69 Å². The van der Waals surface area contributed by atoms with Crippen molar-refractivity contribution in [3.05, 3.63) is 30.3 Å². The lowest BCUT2D eigenvalue weighted by atomic mass is 10.3. The summed E-state index contributed by atoms with van der Waals surface area (Å²) < 4.78 is 2.18. The molecule has 0 unspecified atom stereocenters. The smallest absolute Gasteiger partial charge is 0.249 e. The van der Waals surface area contributed by atoms with Gasteiger partial charge < -0.3 is 4.57 Å². The first-order chi connectivity index (χ1) is 5.52.